The third-order valence-corrected chi connectivity index (χ3v) is 4.84. The Bertz CT molecular complexity index is 389. The van der Waals surface area contributed by atoms with Crippen LogP contribution < -0.4 is 5.32 Å². The molecule has 1 aliphatic carbocycles. The minimum Gasteiger partial charge on any atom is -0.355 e. The molecule has 1 N–H and O–H groups in total. The van der Waals surface area contributed by atoms with Crippen LogP contribution in [0.3, 0.4) is 0 Å². The largest absolute Gasteiger partial charge is 0.355 e. The summed E-state index contributed by atoms with van der Waals surface area (Å²) in [6.45, 7) is 0.857. The summed E-state index contributed by atoms with van der Waals surface area (Å²) in [5.74, 6) is 1.33. The van der Waals surface area contributed by atoms with E-state index in [-0.39, 0.29) is 5.91 Å². The lowest BCUT2D eigenvalue weighted by Crippen LogP contribution is -2.30. The Hall–Kier alpha value is -1.03. The van der Waals surface area contributed by atoms with Gasteiger partial charge in [0.05, 0.1) is 5.75 Å². The van der Waals surface area contributed by atoms with Gasteiger partial charge in [-0.1, -0.05) is 32.1 Å². The van der Waals surface area contributed by atoms with Gasteiger partial charge in [0.1, 0.15) is 0 Å². The van der Waals surface area contributed by atoms with Gasteiger partial charge >= 0.3 is 0 Å². The van der Waals surface area contributed by atoms with Crippen molar-refractivity contribution in [1.82, 2.24) is 10.3 Å². The van der Waals surface area contributed by atoms with E-state index in [2.05, 4.69) is 10.3 Å². The molecule has 3 nitrogen and oxygen atoms in total. The summed E-state index contributed by atoms with van der Waals surface area (Å²) in [6.07, 6.45) is 12.8. The van der Waals surface area contributed by atoms with E-state index in [4.69, 9.17) is 0 Å². The van der Waals surface area contributed by atoms with Crippen LogP contribution in [-0.4, -0.2) is 23.2 Å². The standard InChI is InChI=1S/C16H24N2OS/c19-16(13-20-15-8-10-17-11-9-15)18-12-14-6-4-2-1-3-5-7-14/h8-11,14H,1-7,12-13H2,(H,18,19). The van der Waals surface area contributed by atoms with Crippen LogP contribution in [0.2, 0.25) is 0 Å². The summed E-state index contributed by atoms with van der Waals surface area (Å²) in [4.78, 5) is 16.9. The number of nitrogens with one attached hydrogen (secondary N) is 1. The third kappa shape index (κ3) is 5.95. The minimum atomic E-state index is 0.147. The Balaban J connectivity index is 1.64. The maximum atomic E-state index is 11.9. The highest BCUT2D eigenvalue weighted by Crippen LogP contribution is 2.21. The summed E-state index contributed by atoms with van der Waals surface area (Å²) in [5, 5.41) is 3.10. The summed E-state index contributed by atoms with van der Waals surface area (Å²) in [5.41, 5.74) is 0. The molecule has 0 saturated heterocycles. The van der Waals surface area contributed by atoms with Gasteiger partial charge in [-0.3, -0.25) is 9.78 Å². The first-order valence-electron chi connectivity index (χ1n) is 7.64. The van der Waals surface area contributed by atoms with E-state index in [1.165, 1.54) is 44.9 Å². The van der Waals surface area contributed by atoms with Crippen molar-refractivity contribution in [3.63, 3.8) is 0 Å². The molecule has 1 heterocycles. The normalized spacial score (nSPS) is 17.2. The van der Waals surface area contributed by atoms with E-state index < -0.39 is 0 Å². The number of hydrogen-bond donors (Lipinski definition) is 1. The molecule has 110 valence electrons. The molecular weight excluding hydrogens is 268 g/mol. The first-order valence-corrected chi connectivity index (χ1v) is 8.62. The number of carbonyl (C=O) groups excluding carboxylic acids is 1. The van der Waals surface area contributed by atoms with Gasteiger partial charge in [0.2, 0.25) is 5.91 Å². The quantitative estimate of drug-likeness (QED) is 0.842. The SMILES string of the molecule is O=C(CSc1ccncc1)NCC1CCCCCCC1. The first-order chi connectivity index (χ1) is 9.84. The van der Waals surface area contributed by atoms with Crippen molar-refractivity contribution in [2.24, 2.45) is 5.92 Å². The summed E-state index contributed by atoms with van der Waals surface area (Å²) in [7, 11) is 0. The van der Waals surface area contributed by atoms with Crippen LogP contribution in [-0.2, 0) is 4.79 Å². The van der Waals surface area contributed by atoms with E-state index in [1.807, 2.05) is 12.1 Å². The van der Waals surface area contributed by atoms with E-state index in [9.17, 15) is 4.79 Å². The Morgan fingerprint density at radius 3 is 2.50 bits per heavy atom. The fourth-order valence-electron chi connectivity index (χ4n) is 2.64. The predicted octanol–water partition coefficient (Wildman–Crippen LogP) is 3.65. The first kappa shape index (κ1) is 15.4. The second kappa shape index (κ2) is 9.01. The lowest BCUT2D eigenvalue weighted by Gasteiger charge is -2.19. The number of pyridine rings is 1. The molecule has 1 aromatic rings. The van der Waals surface area contributed by atoms with Gasteiger partial charge in [0.25, 0.3) is 0 Å². The number of hydrogen-bond acceptors (Lipinski definition) is 3. The van der Waals surface area contributed by atoms with Crippen LogP contribution in [0, 0.1) is 5.92 Å². The lowest BCUT2D eigenvalue weighted by molar-refractivity contribution is -0.118. The van der Waals surface area contributed by atoms with Crippen molar-refractivity contribution in [3.8, 4) is 0 Å². The summed E-state index contributed by atoms with van der Waals surface area (Å²) in [6, 6.07) is 3.87. The second-order valence-corrected chi connectivity index (χ2v) is 6.54. The van der Waals surface area contributed by atoms with E-state index in [0.717, 1.165) is 11.4 Å². The van der Waals surface area contributed by atoms with Crippen molar-refractivity contribution < 1.29 is 4.79 Å². The number of rotatable bonds is 5. The van der Waals surface area contributed by atoms with Gasteiger partial charge in [-0.15, -0.1) is 11.8 Å². The molecule has 20 heavy (non-hydrogen) atoms. The number of carbonyl (C=O) groups is 1. The Morgan fingerprint density at radius 2 is 1.80 bits per heavy atom. The monoisotopic (exact) mass is 292 g/mol. The highest BCUT2D eigenvalue weighted by atomic mass is 32.2. The summed E-state index contributed by atoms with van der Waals surface area (Å²) < 4.78 is 0. The molecule has 1 amide bonds. The topological polar surface area (TPSA) is 42.0 Å². The minimum absolute atomic E-state index is 0.147. The maximum absolute atomic E-state index is 11.9. The average molecular weight is 292 g/mol. The van der Waals surface area contributed by atoms with Gasteiger partial charge in [0.15, 0.2) is 0 Å². The van der Waals surface area contributed by atoms with Crippen LogP contribution in [0.4, 0.5) is 0 Å². The molecule has 0 aliphatic heterocycles. The highest BCUT2D eigenvalue weighted by Gasteiger charge is 2.12. The van der Waals surface area contributed by atoms with Crippen LogP contribution in [0.1, 0.15) is 44.9 Å². The molecule has 0 unspecified atom stereocenters. The molecule has 2 rings (SSSR count). The van der Waals surface area contributed by atoms with Crippen molar-refractivity contribution in [2.45, 2.75) is 49.8 Å². The Kier molecular flexibility index (Phi) is 6.92. The van der Waals surface area contributed by atoms with Crippen molar-refractivity contribution in [1.29, 1.82) is 0 Å². The zero-order valence-electron chi connectivity index (χ0n) is 12.0. The van der Waals surface area contributed by atoms with Crippen LogP contribution in [0.25, 0.3) is 0 Å². The fourth-order valence-corrected chi connectivity index (χ4v) is 3.35. The van der Waals surface area contributed by atoms with Crippen molar-refractivity contribution in [2.75, 3.05) is 12.3 Å². The van der Waals surface area contributed by atoms with Gasteiger partial charge in [0, 0.05) is 23.8 Å². The second-order valence-electron chi connectivity index (χ2n) is 5.49. The van der Waals surface area contributed by atoms with E-state index in [0.29, 0.717) is 11.7 Å². The number of amides is 1. The molecule has 0 bridgehead atoms. The number of aromatic nitrogens is 1. The molecule has 0 aromatic carbocycles. The van der Waals surface area contributed by atoms with Gasteiger partial charge in [-0.25, -0.2) is 0 Å². The third-order valence-electron chi connectivity index (χ3n) is 3.83. The highest BCUT2D eigenvalue weighted by molar-refractivity contribution is 8.00. The molecular formula is C16H24N2OS. The molecule has 1 aliphatic rings. The van der Waals surface area contributed by atoms with Crippen molar-refractivity contribution >= 4 is 17.7 Å². The van der Waals surface area contributed by atoms with Gasteiger partial charge < -0.3 is 5.32 Å². The Labute approximate surface area is 125 Å². The molecule has 1 fully saturated rings. The van der Waals surface area contributed by atoms with Crippen LogP contribution >= 0.6 is 11.8 Å². The molecule has 4 heteroatoms. The Morgan fingerprint density at radius 1 is 1.15 bits per heavy atom. The zero-order valence-corrected chi connectivity index (χ0v) is 12.8. The predicted molar refractivity (Wildman–Crippen MR) is 83.8 cm³/mol. The summed E-state index contributed by atoms with van der Waals surface area (Å²) >= 11 is 1.57. The maximum Gasteiger partial charge on any atom is 0.230 e. The molecule has 1 aromatic heterocycles. The fraction of sp³-hybridized carbons (Fsp3) is 0.625. The number of nitrogens with zero attached hydrogens (tertiary/aromatic N) is 1. The lowest BCUT2D eigenvalue weighted by atomic mass is 9.91. The average Bonchev–Trinajstić information content (AvgIpc) is 2.45. The number of thioether (sulfide) groups is 1. The zero-order chi connectivity index (χ0) is 14.0. The molecule has 0 spiro atoms. The molecule has 0 radical (unpaired) electrons. The van der Waals surface area contributed by atoms with Gasteiger partial charge in [-0.05, 0) is 30.9 Å². The molecule has 1 saturated carbocycles. The van der Waals surface area contributed by atoms with Crippen LogP contribution in [0.15, 0.2) is 29.4 Å². The van der Waals surface area contributed by atoms with E-state index in [1.54, 1.807) is 24.2 Å². The van der Waals surface area contributed by atoms with Crippen molar-refractivity contribution in [3.05, 3.63) is 24.5 Å². The van der Waals surface area contributed by atoms with Gasteiger partial charge in [-0.2, -0.15) is 0 Å². The molecule has 0 atom stereocenters. The van der Waals surface area contributed by atoms with E-state index >= 15 is 0 Å². The van der Waals surface area contributed by atoms with Crippen LogP contribution in [0.5, 0.6) is 0 Å². The smallest absolute Gasteiger partial charge is 0.230 e.